The average molecular weight is 270 g/mol. The fourth-order valence-electron chi connectivity index (χ4n) is 2.26. The van der Waals surface area contributed by atoms with Crippen LogP contribution in [0, 0.1) is 0 Å². The van der Waals surface area contributed by atoms with Crippen molar-refractivity contribution in [1.82, 2.24) is 9.97 Å². The lowest BCUT2D eigenvalue weighted by molar-refractivity contribution is -0.0553. The van der Waals surface area contributed by atoms with Gasteiger partial charge in [0.05, 0.1) is 5.60 Å². The van der Waals surface area contributed by atoms with E-state index in [0.29, 0.717) is 11.2 Å². The Balaban J connectivity index is 2.07. The van der Waals surface area contributed by atoms with Gasteiger partial charge >= 0.3 is 0 Å². The van der Waals surface area contributed by atoms with Crippen LogP contribution in [0.3, 0.4) is 0 Å². The van der Waals surface area contributed by atoms with Gasteiger partial charge < -0.3 is 10.1 Å². The summed E-state index contributed by atoms with van der Waals surface area (Å²) >= 11 is 5.99. The second kappa shape index (κ2) is 5.41. The number of nitrogens with zero attached hydrogens (tertiary/aromatic N) is 2. The lowest BCUT2D eigenvalue weighted by atomic mass is 9.94. The molecule has 1 aliphatic heterocycles. The molecule has 0 aromatic carbocycles. The van der Waals surface area contributed by atoms with Crippen molar-refractivity contribution in [3.63, 3.8) is 0 Å². The van der Waals surface area contributed by atoms with Crippen molar-refractivity contribution < 1.29 is 4.74 Å². The fourth-order valence-corrected chi connectivity index (χ4v) is 2.46. The molecule has 2 rings (SSSR count). The molecule has 0 spiro atoms. The van der Waals surface area contributed by atoms with Crippen LogP contribution in [0.15, 0.2) is 6.07 Å². The van der Waals surface area contributed by atoms with Crippen LogP contribution in [0.4, 0.5) is 5.82 Å². The molecule has 0 bridgehead atoms. The normalized spacial score (nSPS) is 22.8. The highest BCUT2D eigenvalue weighted by Gasteiger charge is 2.28. The third-order valence-corrected chi connectivity index (χ3v) is 3.30. The summed E-state index contributed by atoms with van der Waals surface area (Å²) in [6.07, 6.45) is 2.75. The first-order valence-electron chi connectivity index (χ1n) is 6.42. The summed E-state index contributed by atoms with van der Waals surface area (Å²) in [6.45, 7) is 7.04. The smallest absolute Gasteiger partial charge is 0.134 e. The Kier molecular flexibility index (Phi) is 4.07. The van der Waals surface area contributed by atoms with Crippen molar-refractivity contribution in [1.29, 1.82) is 0 Å². The third-order valence-electron chi connectivity index (χ3n) is 3.11. The van der Waals surface area contributed by atoms with Crippen LogP contribution in [-0.2, 0) is 11.2 Å². The molecule has 1 aromatic heterocycles. The minimum Gasteiger partial charge on any atom is -0.375 e. The van der Waals surface area contributed by atoms with Crippen molar-refractivity contribution in [2.45, 2.75) is 51.7 Å². The van der Waals surface area contributed by atoms with Crippen LogP contribution in [0.25, 0.3) is 0 Å². The molecule has 0 aliphatic carbocycles. The number of aryl methyl sites for hydroxylation is 1. The van der Waals surface area contributed by atoms with Crippen LogP contribution < -0.4 is 5.32 Å². The summed E-state index contributed by atoms with van der Waals surface area (Å²) in [7, 11) is 0. The number of anilines is 1. The summed E-state index contributed by atoms with van der Waals surface area (Å²) in [4.78, 5) is 8.61. The maximum absolute atomic E-state index is 5.99. The second-order valence-corrected chi connectivity index (χ2v) is 5.68. The minimum absolute atomic E-state index is 0.0691. The quantitative estimate of drug-likeness (QED) is 0.857. The summed E-state index contributed by atoms with van der Waals surface area (Å²) in [5, 5.41) is 3.93. The SMILES string of the molecule is CCc1nc(Cl)cc(NC2CCOC(C)(C)C2)n1. The van der Waals surface area contributed by atoms with Gasteiger partial charge in [-0.05, 0) is 26.7 Å². The summed E-state index contributed by atoms with van der Waals surface area (Å²) in [6, 6.07) is 2.16. The molecule has 1 fully saturated rings. The number of hydrogen-bond acceptors (Lipinski definition) is 4. The fraction of sp³-hybridized carbons (Fsp3) is 0.692. The van der Waals surface area contributed by atoms with Gasteiger partial charge in [0, 0.05) is 25.1 Å². The maximum atomic E-state index is 5.99. The summed E-state index contributed by atoms with van der Waals surface area (Å²) in [5.74, 6) is 1.59. The Bertz CT molecular complexity index is 423. The molecule has 2 heterocycles. The Morgan fingerprint density at radius 3 is 2.94 bits per heavy atom. The Hall–Kier alpha value is -0.870. The van der Waals surface area contributed by atoms with E-state index in [1.165, 1.54) is 0 Å². The predicted octanol–water partition coefficient (Wildman–Crippen LogP) is 3.06. The van der Waals surface area contributed by atoms with E-state index in [4.69, 9.17) is 16.3 Å². The van der Waals surface area contributed by atoms with E-state index in [1.54, 1.807) is 6.07 Å². The summed E-state index contributed by atoms with van der Waals surface area (Å²) < 4.78 is 5.70. The molecule has 0 radical (unpaired) electrons. The van der Waals surface area contributed by atoms with E-state index < -0.39 is 0 Å². The lowest BCUT2D eigenvalue weighted by Gasteiger charge is -2.36. The highest BCUT2D eigenvalue weighted by molar-refractivity contribution is 6.29. The van der Waals surface area contributed by atoms with Gasteiger partial charge in [0.25, 0.3) is 0 Å². The van der Waals surface area contributed by atoms with E-state index in [-0.39, 0.29) is 5.60 Å². The van der Waals surface area contributed by atoms with Gasteiger partial charge in [0.1, 0.15) is 16.8 Å². The van der Waals surface area contributed by atoms with Gasteiger partial charge in [-0.2, -0.15) is 0 Å². The van der Waals surface area contributed by atoms with E-state index in [1.807, 2.05) is 6.92 Å². The van der Waals surface area contributed by atoms with Gasteiger partial charge in [-0.15, -0.1) is 0 Å². The molecule has 100 valence electrons. The van der Waals surface area contributed by atoms with E-state index >= 15 is 0 Å². The molecule has 1 aliphatic rings. The van der Waals surface area contributed by atoms with Gasteiger partial charge in [0.2, 0.25) is 0 Å². The number of halogens is 1. The molecule has 0 saturated carbocycles. The molecule has 4 nitrogen and oxygen atoms in total. The number of aromatic nitrogens is 2. The molecule has 0 amide bonds. The molecule has 18 heavy (non-hydrogen) atoms. The topological polar surface area (TPSA) is 47.0 Å². The molecule has 1 N–H and O–H groups in total. The monoisotopic (exact) mass is 269 g/mol. The Morgan fingerprint density at radius 1 is 1.50 bits per heavy atom. The molecule has 1 aromatic rings. The first kappa shape index (κ1) is 13.6. The third kappa shape index (κ3) is 3.56. The first-order valence-corrected chi connectivity index (χ1v) is 6.80. The zero-order chi connectivity index (χ0) is 13.2. The van der Waals surface area contributed by atoms with Crippen LogP contribution >= 0.6 is 11.6 Å². The predicted molar refractivity (Wildman–Crippen MR) is 73.1 cm³/mol. The molecule has 5 heteroatoms. The van der Waals surface area contributed by atoms with Gasteiger partial charge in [-0.1, -0.05) is 18.5 Å². The average Bonchev–Trinajstić information content (AvgIpc) is 2.26. The Labute approximate surface area is 113 Å². The van der Waals surface area contributed by atoms with Crippen molar-refractivity contribution >= 4 is 17.4 Å². The van der Waals surface area contributed by atoms with Crippen molar-refractivity contribution in [3.8, 4) is 0 Å². The zero-order valence-corrected chi connectivity index (χ0v) is 11.9. The van der Waals surface area contributed by atoms with Crippen molar-refractivity contribution in [2.75, 3.05) is 11.9 Å². The van der Waals surface area contributed by atoms with Crippen molar-refractivity contribution in [2.24, 2.45) is 0 Å². The van der Waals surface area contributed by atoms with Crippen molar-refractivity contribution in [3.05, 3.63) is 17.0 Å². The zero-order valence-electron chi connectivity index (χ0n) is 11.2. The van der Waals surface area contributed by atoms with Crippen LogP contribution in [0.2, 0.25) is 5.15 Å². The van der Waals surface area contributed by atoms with E-state index in [2.05, 4.69) is 29.1 Å². The molecular formula is C13H20ClN3O. The van der Waals surface area contributed by atoms with E-state index in [9.17, 15) is 0 Å². The van der Waals surface area contributed by atoms with E-state index in [0.717, 1.165) is 37.5 Å². The number of rotatable bonds is 3. The number of nitrogens with one attached hydrogen (secondary N) is 1. The minimum atomic E-state index is -0.0691. The first-order chi connectivity index (χ1) is 8.48. The number of hydrogen-bond donors (Lipinski definition) is 1. The maximum Gasteiger partial charge on any atom is 0.134 e. The molecule has 1 unspecified atom stereocenters. The Morgan fingerprint density at radius 2 is 2.28 bits per heavy atom. The largest absolute Gasteiger partial charge is 0.375 e. The summed E-state index contributed by atoms with van der Waals surface area (Å²) in [5.41, 5.74) is -0.0691. The highest BCUT2D eigenvalue weighted by atomic mass is 35.5. The van der Waals surface area contributed by atoms with Crippen LogP contribution in [0.1, 0.15) is 39.4 Å². The standard InChI is InChI=1S/C13H20ClN3O/c1-4-11-16-10(14)7-12(17-11)15-9-5-6-18-13(2,3)8-9/h7,9H,4-6,8H2,1-3H3,(H,15,16,17). The highest BCUT2D eigenvalue weighted by Crippen LogP contribution is 2.26. The lowest BCUT2D eigenvalue weighted by Crippen LogP contribution is -2.40. The number of ether oxygens (including phenoxy) is 1. The molecule has 1 saturated heterocycles. The van der Waals surface area contributed by atoms with Crippen LogP contribution in [-0.4, -0.2) is 28.2 Å². The van der Waals surface area contributed by atoms with Gasteiger partial charge in [-0.25, -0.2) is 9.97 Å². The van der Waals surface area contributed by atoms with Crippen LogP contribution in [0.5, 0.6) is 0 Å². The molecular weight excluding hydrogens is 250 g/mol. The second-order valence-electron chi connectivity index (χ2n) is 5.29. The molecule has 1 atom stereocenters. The van der Waals surface area contributed by atoms with Gasteiger partial charge in [-0.3, -0.25) is 0 Å². The van der Waals surface area contributed by atoms with Gasteiger partial charge in [0.15, 0.2) is 0 Å².